The van der Waals surface area contributed by atoms with E-state index in [1.54, 1.807) is 0 Å². The van der Waals surface area contributed by atoms with Crippen molar-refractivity contribution in [3.63, 3.8) is 0 Å². The van der Waals surface area contributed by atoms with Gasteiger partial charge >= 0.3 is 5.97 Å². The van der Waals surface area contributed by atoms with Gasteiger partial charge in [0, 0.05) is 35.4 Å². The number of hydroxylamine groups is 2. The SMILES string of the molecule is CC(C)(C)C(=O)ON1CCC(c2nc(CSC3CCCCC3)cs2)CC1. The van der Waals surface area contributed by atoms with Crippen LogP contribution in [0.15, 0.2) is 5.38 Å². The summed E-state index contributed by atoms with van der Waals surface area (Å²) in [7, 11) is 0. The number of carbonyl (C=O) groups excluding carboxylic acids is 1. The molecule has 0 bridgehead atoms. The number of thioether (sulfide) groups is 1. The second kappa shape index (κ2) is 9.07. The molecule has 2 aliphatic rings. The molecule has 1 saturated carbocycles. The quantitative estimate of drug-likeness (QED) is 0.667. The fourth-order valence-corrected chi connectivity index (χ4v) is 5.78. The van der Waals surface area contributed by atoms with Gasteiger partial charge in [0.15, 0.2) is 0 Å². The fraction of sp³-hybridized carbons (Fsp3) is 0.800. The van der Waals surface area contributed by atoms with Gasteiger partial charge in [-0.05, 0) is 46.5 Å². The maximum Gasteiger partial charge on any atom is 0.330 e. The van der Waals surface area contributed by atoms with Crippen molar-refractivity contribution in [2.75, 3.05) is 13.1 Å². The van der Waals surface area contributed by atoms with Gasteiger partial charge in [0.05, 0.1) is 16.1 Å². The van der Waals surface area contributed by atoms with E-state index in [9.17, 15) is 4.79 Å². The molecule has 26 heavy (non-hydrogen) atoms. The smallest absolute Gasteiger partial charge is 0.330 e. The highest BCUT2D eigenvalue weighted by Crippen LogP contribution is 2.34. The van der Waals surface area contributed by atoms with Crippen LogP contribution in [0.4, 0.5) is 0 Å². The van der Waals surface area contributed by atoms with Crippen LogP contribution >= 0.6 is 23.1 Å². The zero-order valence-corrected chi connectivity index (χ0v) is 18.0. The normalized spacial score (nSPS) is 21.0. The molecule has 0 radical (unpaired) electrons. The van der Waals surface area contributed by atoms with E-state index < -0.39 is 5.41 Å². The van der Waals surface area contributed by atoms with Crippen LogP contribution in [0.5, 0.6) is 0 Å². The number of rotatable bonds is 5. The van der Waals surface area contributed by atoms with E-state index >= 15 is 0 Å². The number of nitrogens with zero attached hydrogens (tertiary/aromatic N) is 2. The third kappa shape index (κ3) is 5.70. The second-order valence-electron chi connectivity index (χ2n) is 8.58. The molecule has 0 amide bonds. The second-order valence-corrected chi connectivity index (χ2v) is 10.8. The zero-order chi connectivity index (χ0) is 18.6. The maximum atomic E-state index is 12.0. The molecular formula is C20H32N2O2S2. The van der Waals surface area contributed by atoms with E-state index in [0.717, 1.165) is 36.9 Å². The Kier molecular flexibility index (Phi) is 7.03. The van der Waals surface area contributed by atoms with Crippen LogP contribution < -0.4 is 0 Å². The topological polar surface area (TPSA) is 42.4 Å². The molecule has 6 heteroatoms. The first kappa shape index (κ1) is 20.2. The Morgan fingerprint density at radius 2 is 1.92 bits per heavy atom. The molecule has 1 aliphatic heterocycles. The lowest BCUT2D eigenvalue weighted by Gasteiger charge is -2.31. The molecule has 0 N–H and O–H groups in total. The number of carbonyl (C=O) groups is 1. The van der Waals surface area contributed by atoms with Gasteiger partial charge < -0.3 is 4.84 Å². The van der Waals surface area contributed by atoms with Gasteiger partial charge in [-0.3, -0.25) is 0 Å². The van der Waals surface area contributed by atoms with Gasteiger partial charge in [-0.1, -0.05) is 19.3 Å². The minimum Gasteiger partial charge on any atom is -0.367 e. The molecule has 2 fully saturated rings. The van der Waals surface area contributed by atoms with E-state index in [1.165, 1.54) is 42.8 Å². The Morgan fingerprint density at radius 3 is 2.58 bits per heavy atom. The minimum absolute atomic E-state index is 0.146. The summed E-state index contributed by atoms with van der Waals surface area (Å²) in [6.45, 7) is 7.29. The Balaban J connectivity index is 1.43. The number of thiazole rings is 1. The van der Waals surface area contributed by atoms with E-state index in [-0.39, 0.29) is 5.97 Å². The molecule has 2 heterocycles. The van der Waals surface area contributed by atoms with E-state index in [0.29, 0.717) is 5.92 Å². The molecular weight excluding hydrogens is 364 g/mol. The van der Waals surface area contributed by atoms with E-state index in [1.807, 2.05) is 37.2 Å². The lowest BCUT2D eigenvalue weighted by atomic mass is 9.97. The Bertz CT molecular complexity index is 583. The monoisotopic (exact) mass is 396 g/mol. The predicted molar refractivity (Wildman–Crippen MR) is 109 cm³/mol. The van der Waals surface area contributed by atoms with Crippen molar-refractivity contribution in [3.8, 4) is 0 Å². The maximum absolute atomic E-state index is 12.0. The molecule has 1 saturated heterocycles. The van der Waals surface area contributed by atoms with E-state index in [4.69, 9.17) is 9.82 Å². The summed E-state index contributed by atoms with van der Waals surface area (Å²) in [5.74, 6) is 1.42. The van der Waals surface area contributed by atoms with Crippen molar-refractivity contribution in [1.29, 1.82) is 0 Å². The third-order valence-corrected chi connectivity index (χ3v) is 7.68. The number of hydrogen-bond acceptors (Lipinski definition) is 6. The summed E-state index contributed by atoms with van der Waals surface area (Å²) in [4.78, 5) is 22.5. The highest BCUT2D eigenvalue weighted by atomic mass is 32.2. The van der Waals surface area contributed by atoms with Crippen LogP contribution in [0.25, 0.3) is 0 Å². The predicted octanol–water partition coefficient (Wildman–Crippen LogP) is 5.39. The highest BCUT2D eigenvalue weighted by molar-refractivity contribution is 7.99. The van der Waals surface area contributed by atoms with Gasteiger partial charge in [-0.15, -0.1) is 16.4 Å². The molecule has 0 spiro atoms. The zero-order valence-electron chi connectivity index (χ0n) is 16.3. The third-order valence-electron chi connectivity index (χ3n) is 5.22. The van der Waals surface area contributed by atoms with Crippen LogP contribution in [0, 0.1) is 5.41 Å². The van der Waals surface area contributed by atoms with Crippen molar-refractivity contribution >= 4 is 29.1 Å². The first-order valence-electron chi connectivity index (χ1n) is 9.95. The molecule has 1 aromatic heterocycles. The van der Waals surface area contributed by atoms with Crippen molar-refractivity contribution < 1.29 is 9.63 Å². The first-order valence-corrected chi connectivity index (χ1v) is 11.9. The molecule has 1 aliphatic carbocycles. The number of piperidine rings is 1. The molecule has 4 nitrogen and oxygen atoms in total. The van der Waals surface area contributed by atoms with Gasteiger partial charge in [0.25, 0.3) is 0 Å². The molecule has 1 aromatic rings. The first-order chi connectivity index (χ1) is 12.4. The summed E-state index contributed by atoms with van der Waals surface area (Å²) in [5.41, 5.74) is 0.805. The lowest BCUT2D eigenvalue weighted by Crippen LogP contribution is -2.38. The standard InChI is InChI=1S/C20H32N2O2S2/c1-20(2,3)19(23)24-22-11-9-15(10-12-22)18-21-16(14-26-18)13-25-17-7-5-4-6-8-17/h14-15,17H,4-13H2,1-3H3. The summed E-state index contributed by atoms with van der Waals surface area (Å²) >= 11 is 3.91. The van der Waals surface area contributed by atoms with Gasteiger partial charge in [0.2, 0.25) is 0 Å². The van der Waals surface area contributed by atoms with Crippen molar-refractivity contribution in [2.45, 2.75) is 82.6 Å². The summed E-state index contributed by atoms with van der Waals surface area (Å²) in [6.07, 6.45) is 9.01. The van der Waals surface area contributed by atoms with Crippen LogP contribution in [0.1, 0.15) is 82.3 Å². The number of aromatic nitrogens is 1. The summed E-state index contributed by atoms with van der Waals surface area (Å²) < 4.78 is 0. The summed E-state index contributed by atoms with van der Waals surface area (Å²) in [5, 5.41) is 6.19. The van der Waals surface area contributed by atoms with Gasteiger partial charge in [-0.25, -0.2) is 9.78 Å². The molecule has 146 valence electrons. The minimum atomic E-state index is -0.447. The average molecular weight is 397 g/mol. The van der Waals surface area contributed by atoms with Crippen molar-refractivity contribution in [1.82, 2.24) is 10.0 Å². The lowest BCUT2D eigenvalue weighted by molar-refractivity contribution is -0.204. The number of hydrogen-bond donors (Lipinski definition) is 0. The largest absolute Gasteiger partial charge is 0.367 e. The molecule has 0 unspecified atom stereocenters. The molecule has 0 aromatic carbocycles. The Morgan fingerprint density at radius 1 is 1.23 bits per heavy atom. The Labute approximate surface area is 166 Å². The van der Waals surface area contributed by atoms with Crippen LogP contribution in [-0.4, -0.2) is 34.4 Å². The van der Waals surface area contributed by atoms with Crippen LogP contribution in [0.3, 0.4) is 0 Å². The van der Waals surface area contributed by atoms with E-state index in [2.05, 4.69) is 17.1 Å². The Hall–Kier alpha value is -0.590. The molecule has 0 atom stereocenters. The van der Waals surface area contributed by atoms with Crippen LogP contribution in [-0.2, 0) is 15.4 Å². The van der Waals surface area contributed by atoms with Gasteiger partial charge in [-0.2, -0.15) is 11.8 Å². The van der Waals surface area contributed by atoms with Crippen LogP contribution in [0.2, 0.25) is 0 Å². The average Bonchev–Trinajstić information content (AvgIpc) is 3.10. The fourth-order valence-electron chi connectivity index (χ4n) is 3.46. The van der Waals surface area contributed by atoms with Crippen molar-refractivity contribution in [2.24, 2.45) is 5.41 Å². The molecule has 3 rings (SSSR count). The van der Waals surface area contributed by atoms with Gasteiger partial charge in [0.1, 0.15) is 0 Å². The van der Waals surface area contributed by atoms with Crippen molar-refractivity contribution in [3.05, 3.63) is 16.1 Å². The highest BCUT2D eigenvalue weighted by Gasteiger charge is 2.29. The summed E-state index contributed by atoms with van der Waals surface area (Å²) in [6, 6.07) is 0.